The minimum absolute atomic E-state index is 0. The lowest BCUT2D eigenvalue weighted by molar-refractivity contribution is 0.169. The first-order valence-electron chi connectivity index (χ1n) is 10.5. The largest absolute Gasteiger partial charge is 0.356 e. The zero-order chi connectivity index (χ0) is 19.2. The highest BCUT2D eigenvalue weighted by Crippen LogP contribution is 2.21. The van der Waals surface area contributed by atoms with Crippen molar-refractivity contribution in [3.63, 3.8) is 0 Å². The molecule has 2 fully saturated rings. The average molecular weight is 520 g/mol. The molecule has 1 aromatic heterocycles. The zero-order valence-electron chi connectivity index (χ0n) is 17.9. The molecule has 0 radical (unpaired) electrons. The van der Waals surface area contributed by atoms with E-state index < -0.39 is 0 Å². The van der Waals surface area contributed by atoms with Crippen LogP contribution in [0.3, 0.4) is 0 Å². The number of nitrogens with one attached hydrogen (secondary N) is 2. The maximum Gasteiger partial charge on any atom is 0.191 e. The molecule has 3 unspecified atom stereocenters. The van der Waals surface area contributed by atoms with Crippen LogP contribution in [-0.2, 0) is 6.54 Å². The van der Waals surface area contributed by atoms with Gasteiger partial charge >= 0.3 is 0 Å². The minimum atomic E-state index is 0. The van der Waals surface area contributed by atoms with Gasteiger partial charge in [0.05, 0.1) is 0 Å². The molecule has 2 aliphatic heterocycles. The lowest BCUT2D eigenvalue weighted by atomic mass is 9.98. The first kappa shape index (κ1) is 23.9. The molecule has 5 nitrogen and oxygen atoms in total. The van der Waals surface area contributed by atoms with Crippen molar-refractivity contribution in [2.24, 2.45) is 16.8 Å². The van der Waals surface area contributed by atoms with Crippen LogP contribution in [0.5, 0.6) is 0 Å². The third kappa shape index (κ3) is 6.85. The van der Waals surface area contributed by atoms with Crippen molar-refractivity contribution < 1.29 is 0 Å². The molecule has 2 N–H and O–H groups in total. The Kier molecular flexibility index (Phi) is 10.00. The number of halogens is 1. The highest BCUT2D eigenvalue weighted by molar-refractivity contribution is 14.0. The number of guanidine groups is 1. The summed E-state index contributed by atoms with van der Waals surface area (Å²) >= 11 is 1.87. The molecule has 2 saturated heterocycles. The van der Waals surface area contributed by atoms with Gasteiger partial charge in [0, 0.05) is 56.7 Å². The van der Waals surface area contributed by atoms with Crippen molar-refractivity contribution in [3.8, 4) is 0 Å². The summed E-state index contributed by atoms with van der Waals surface area (Å²) in [6.45, 7) is 13.7. The second-order valence-electron chi connectivity index (χ2n) is 8.55. The fourth-order valence-corrected chi connectivity index (χ4v) is 5.06. The van der Waals surface area contributed by atoms with Crippen LogP contribution in [0.2, 0.25) is 0 Å². The molecule has 0 spiro atoms. The number of nitrogens with zero attached hydrogens (tertiary/aromatic N) is 3. The Bertz CT molecular complexity index is 592. The Morgan fingerprint density at radius 3 is 2.79 bits per heavy atom. The zero-order valence-corrected chi connectivity index (χ0v) is 21.0. The van der Waals surface area contributed by atoms with Crippen LogP contribution in [0.1, 0.15) is 38.5 Å². The second kappa shape index (κ2) is 11.7. The Morgan fingerprint density at radius 1 is 1.32 bits per heavy atom. The normalized spacial score (nSPS) is 27.0. The Labute approximate surface area is 192 Å². The van der Waals surface area contributed by atoms with Gasteiger partial charge in [0.2, 0.25) is 0 Å². The summed E-state index contributed by atoms with van der Waals surface area (Å²) in [6, 6.07) is 5.51. The van der Waals surface area contributed by atoms with Crippen LogP contribution in [0, 0.1) is 11.8 Å². The highest BCUT2D eigenvalue weighted by Gasteiger charge is 2.31. The summed E-state index contributed by atoms with van der Waals surface area (Å²) in [7, 11) is 1.89. The smallest absolute Gasteiger partial charge is 0.191 e. The first-order valence-corrected chi connectivity index (χ1v) is 11.4. The average Bonchev–Trinajstić information content (AvgIpc) is 3.29. The van der Waals surface area contributed by atoms with Gasteiger partial charge in [-0.25, -0.2) is 0 Å². The standard InChI is InChI=1S/C21H37N5S.HI/c1-16(2)26-12-17(3)20(15-26)24-21(22-4)23-11-18-7-5-9-25(13-18)14-19-8-6-10-27-19;/h6,8,10,16-18,20H,5,7,9,11-15H2,1-4H3,(H2,22,23,24);1H. The maximum absolute atomic E-state index is 4.48. The Morgan fingerprint density at radius 2 is 2.14 bits per heavy atom. The van der Waals surface area contributed by atoms with E-state index in [1.165, 1.54) is 37.4 Å². The van der Waals surface area contributed by atoms with Crippen LogP contribution in [-0.4, -0.2) is 67.6 Å². The molecule has 1 aromatic rings. The fourth-order valence-electron chi connectivity index (χ4n) is 4.31. The Hall–Kier alpha value is -0.380. The summed E-state index contributed by atoms with van der Waals surface area (Å²) in [5.74, 6) is 2.32. The van der Waals surface area contributed by atoms with Gasteiger partial charge in [-0.3, -0.25) is 14.8 Å². The third-order valence-electron chi connectivity index (χ3n) is 6.04. The monoisotopic (exact) mass is 519 g/mol. The van der Waals surface area contributed by atoms with Crippen molar-refractivity contribution in [1.82, 2.24) is 20.4 Å². The summed E-state index contributed by atoms with van der Waals surface area (Å²) in [4.78, 5) is 11.1. The molecule has 3 atom stereocenters. The van der Waals surface area contributed by atoms with Gasteiger partial charge in [-0.15, -0.1) is 35.3 Å². The van der Waals surface area contributed by atoms with Crippen LogP contribution in [0.4, 0.5) is 0 Å². The van der Waals surface area contributed by atoms with Gasteiger partial charge in [0.15, 0.2) is 5.96 Å². The molecule has 3 rings (SSSR count). The maximum atomic E-state index is 4.48. The van der Waals surface area contributed by atoms with Gasteiger partial charge in [-0.05, 0) is 56.5 Å². The van der Waals surface area contributed by atoms with Crippen LogP contribution in [0.25, 0.3) is 0 Å². The van der Waals surface area contributed by atoms with E-state index in [2.05, 4.69) is 63.7 Å². The predicted octanol–water partition coefficient (Wildman–Crippen LogP) is 3.47. The number of piperidine rings is 1. The summed E-state index contributed by atoms with van der Waals surface area (Å²) < 4.78 is 0. The molecule has 7 heteroatoms. The third-order valence-corrected chi connectivity index (χ3v) is 6.90. The molecular formula is C21H38IN5S. The summed E-state index contributed by atoms with van der Waals surface area (Å²) in [5.41, 5.74) is 0. The first-order chi connectivity index (χ1) is 13.0. The van der Waals surface area contributed by atoms with E-state index in [1.807, 2.05) is 18.4 Å². The van der Waals surface area contributed by atoms with E-state index in [-0.39, 0.29) is 24.0 Å². The molecule has 28 heavy (non-hydrogen) atoms. The van der Waals surface area contributed by atoms with Crippen molar-refractivity contribution in [2.75, 3.05) is 39.8 Å². The van der Waals surface area contributed by atoms with Gasteiger partial charge in [-0.1, -0.05) is 13.0 Å². The van der Waals surface area contributed by atoms with Crippen molar-refractivity contribution >= 4 is 41.3 Å². The molecule has 0 bridgehead atoms. The second-order valence-corrected chi connectivity index (χ2v) is 9.58. The number of aliphatic imine (C=N–C) groups is 1. The summed E-state index contributed by atoms with van der Waals surface area (Å²) in [5, 5.41) is 9.46. The predicted molar refractivity (Wildman–Crippen MR) is 132 cm³/mol. The quantitative estimate of drug-likeness (QED) is 0.343. The molecule has 0 saturated carbocycles. The molecule has 0 aromatic carbocycles. The Balaban J connectivity index is 0.00000280. The van der Waals surface area contributed by atoms with Crippen molar-refractivity contribution in [3.05, 3.63) is 22.4 Å². The van der Waals surface area contributed by atoms with Crippen molar-refractivity contribution in [2.45, 2.75) is 52.2 Å². The van der Waals surface area contributed by atoms with E-state index in [4.69, 9.17) is 0 Å². The summed E-state index contributed by atoms with van der Waals surface area (Å²) in [6.07, 6.45) is 2.61. The molecular weight excluding hydrogens is 481 g/mol. The highest BCUT2D eigenvalue weighted by atomic mass is 127. The molecule has 0 amide bonds. The van der Waals surface area contributed by atoms with E-state index in [0.29, 0.717) is 23.9 Å². The van der Waals surface area contributed by atoms with Crippen LogP contribution >= 0.6 is 35.3 Å². The van der Waals surface area contributed by atoms with E-state index >= 15 is 0 Å². The van der Waals surface area contributed by atoms with Crippen LogP contribution in [0.15, 0.2) is 22.5 Å². The lowest BCUT2D eigenvalue weighted by Gasteiger charge is -2.33. The molecule has 2 aliphatic rings. The van der Waals surface area contributed by atoms with E-state index in [0.717, 1.165) is 25.6 Å². The fraction of sp³-hybridized carbons (Fsp3) is 0.762. The van der Waals surface area contributed by atoms with Gasteiger partial charge in [0.25, 0.3) is 0 Å². The van der Waals surface area contributed by atoms with Gasteiger partial charge in [-0.2, -0.15) is 0 Å². The van der Waals surface area contributed by atoms with Crippen LogP contribution < -0.4 is 10.6 Å². The SMILES string of the molecule is CN=C(NCC1CCCN(Cc2cccs2)C1)NC1CN(C(C)C)CC1C.I. The number of likely N-dealkylation sites (tertiary alicyclic amines) is 2. The minimum Gasteiger partial charge on any atom is -0.356 e. The molecule has 0 aliphatic carbocycles. The van der Waals surface area contributed by atoms with E-state index in [9.17, 15) is 0 Å². The number of rotatable bonds is 6. The lowest BCUT2D eigenvalue weighted by Crippen LogP contribution is -2.49. The van der Waals surface area contributed by atoms with Gasteiger partial charge < -0.3 is 10.6 Å². The molecule has 3 heterocycles. The van der Waals surface area contributed by atoms with Gasteiger partial charge in [0.1, 0.15) is 0 Å². The number of thiophene rings is 1. The molecule has 160 valence electrons. The van der Waals surface area contributed by atoms with Crippen molar-refractivity contribution in [1.29, 1.82) is 0 Å². The van der Waals surface area contributed by atoms with E-state index in [1.54, 1.807) is 0 Å². The number of hydrogen-bond acceptors (Lipinski definition) is 4. The topological polar surface area (TPSA) is 42.9 Å². The number of hydrogen-bond donors (Lipinski definition) is 2.